The topological polar surface area (TPSA) is 12.0 Å². The first-order valence-electron chi connectivity index (χ1n) is 10.7. The summed E-state index contributed by atoms with van der Waals surface area (Å²) in [6.45, 7) is 4.59. The van der Waals surface area contributed by atoms with Gasteiger partial charge in [-0.1, -0.05) is 103 Å². The van der Waals surface area contributed by atoms with Crippen LogP contribution in [-0.2, 0) is 0 Å². The van der Waals surface area contributed by atoms with Crippen LogP contribution in [0.5, 0.6) is 0 Å². The van der Waals surface area contributed by atoms with Crippen LogP contribution < -0.4 is 5.32 Å². The lowest BCUT2D eigenvalue weighted by atomic mass is 9.91. The fraction of sp³-hybridized carbons (Fsp3) is 0.739. The van der Waals surface area contributed by atoms with Gasteiger partial charge in [0.1, 0.15) is 0 Å². The molecule has 0 saturated heterocycles. The number of allylic oxidation sites excluding steroid dienone is 5. The molecule has 1 aliphatic rings. The molecule has 0 aromatic carbocycles. The molecule has 0 aliphatic carbocycles. The molecule has 1 nitrogen and oxygen atoms in total. The molecule has 1 heteroatoms. The fourth-order valence-corrected chi connectivity index (χ4v) is 3.51. The van der Waals surface area contributed by atoms with Crippen molar-refractivity contribution in [3.63, 3.8) is 0 Å². The minimum absolute atomic E-state index is 0.714. The van der Waals surface area contributed by atoms with E-state index in [1.807, 2.05) is 0 Å². The van der Waals surface area contributed by atoms with Crippen LogP contribution in [0.2, 0.25) is 0 Å². The Bertz CT molecular complexity index is 364. The molecule has 0 spiro atoms. The molecule has 138 valence electrons. The van der Waals surface area contributed by atoms with Gasteiger partial charge in [0.15, 0.2) is 0 Å². The van der Waals surface area contributed by atoms with E-state index >= 15 is 0 Å². The maximum atomic E-state index is 3.49. The fourth-order valence-electron chi connectivity index (χ4n) is 3.51. The third-order valence-corrected chi connectivity index (χ3v) is 5.10. The second-order valence-electron chi connectivity index (χ2n) is 7.32. The van der Waals surface area contributed by atoms with E-state index in [9.17, 15) is 0 Å². The Hall–Kier alpha value is -0.980. The molecule has 24 heavy (non-hydrogen) atoms. The number of hydrogen-bond acceptors (Lipinski definition) is 1. The highest BCUT2D eigenvalue weighted by atomic mass is 14.9. The summed E-state index contributed by atoms with van der Waals surface area (Å²) in [5.41, 5.74) is 1.42. The third-order valence-electron chi connectivity index (χ3n) is 5.10. The molecule has 0 bridgehead atoms. The first kappa shape index (κ1) is 21.1. The van der Waals surface area contributed by atoms with Crippen molar-refractivity contribution in [1.29, 1.82) is 0 Å². The molecule has 1 aliphatic heterocycles. The maximum absolute atomic E-state index is 3.49. The van der Waals surface area contributed by atoms with Gasteiger partial charge in [0.2, 0.25) is 0 Å². The highest BCUT2D eigenvalue weighted by Gasteiger charge is 2.13. The summed E-state index contributed by atoms with van der Waals surface area (Å²) in [5.74, 6) is 0.714. The van der Waals surface area contributed by atoms with Crippen molar-refractivity contribution in [3.05, 3.63) is 36.2 Å². The third kappa shape index (κ3) is 10.7. The van der Waals surface area contributed by atoms with E-state index < -0.39 is 0 Å². The molecule has 1 unspecified atom stereocenters. The number of rotatable bonds is 15. The zero-order chi connectivity index (χ0) is 17.3. The monoisotopic (exact) mass is 331 g/mol. The van der Waals surface area contributed by atoms with Crippen molar-refractivity contribution < 1.29 is 0 Å². The molecule has 0 radical (unpaired) electrons. The summed E-state index contributed by atoms with van der Waals surface area (Å²) >= 11 is 0. The standard InChI is InChI=1S/C23H41N/c1-3-5-7-8-9-10-11-12-13-15-19-22(18-6-4-2)23-20-16-14-17-21-24-23/h14,16-17,20-22,24H,3-13,15,18-19H2,1-2H3. The molecule has 0 fully saturated rings. The van der Waals surface area contributed by atoms with E-state index in [4.69, 9.17) is 0 Å². The summed E-state index contributed by atoms with van der Waals surface area (Å²) < 4.78 is 0. The van der Waals surface area contributed by atoms with Gasteiger partial charge in [-0.05, 0) is 30.9 Å². The number of unbranched alkanes of at least 4 members (excludes halogenated alkanes) is 10. The molecule has 0 saturated carbocycles. The Labute approximate surface area is 151 Å². The zero-order valence-corrected chi connectivity index (χ0v) is 16.4. The minimum atomic E-state index is 0.714. The summed E-state index contributed by atoms with van der Waals surface area (Å²) in [5, 5.41) is 3.49. The molecule has 0 amide bonds. The van der Waals surface area contributed by atoms with Gasteiger partial charge in [0.25, 0.3) is 0 Å². The molecule has 0 aromatic rings. The first-order valence-corrected chi connectivity index (χ1v) is 10.7. The van der Waals surface area contributed by atoms with Crippen molar-refractivity contribution in [1.82, 2.24) is 5.32 Å². The predicted molar refractivity (Wildman–Crippen MR) is 109 cm³/mol. The van der Waals surface area contributed by atoms with E-state index in [2.05, 4.69) is 49.7 Å². The normalized spacial score (nSPS) is 15.0. The Morgan fingerprint density at radius 3 is 1.92 bits per heavy atom. The maximum Gasteiger partial charge on any atom is 0.0178 e. The van der Waals surface area contributed by atoms with Crippen LogP contribution >= 0.6 is 0 Å². The molecule has 1 N–H and O–H groups in total. The summed E-state index contributed by atoms with van der Waals surface area (Å²) in [6, 6.07) is 0. The van der Waals surface area contributed by atoms with Crippen LogP contribution in [0, 0.1) is 5.92 Å². The van der Waals surface area contributed by atoms with Gasteiger partial charge in [0.05, 0.1) is 0 Å². The van der Waals surface area contributed by atoms with Gasteiger partial charge in [-0.15, -0.1) is 0 Å². The van der Waals surface area contributed by atoms with Crippen LogP contribution in [0.15, 0.2) is 36.2 Å². The summed E-state index contributed by atoms with van der Waals surface area (Å²) in [7, 11) is 0. The van der Waals surface area contributed by atoms with E-state index in [-0.39, 0.29) is 0 Å². The lowest BCUT2D eigenvalue weighted by Crippen LogP contribution is -2.15. The Morgan fingerprint density at radius 2 is 1.25 bits per heavy atom. The second kappa shape index (κ2) is 15.5. The van der Waals surface area contributed by atoms with Gasteiger partial charge >= 0.3 is 0 Å². The molecule has 1 heterocycles. The van der Waals surface area contributed by atoms with Gasteiger partial charge in [-0.25, -0.2) is 0 Å². The van der Waals surface area contributed by atoms with Gasteiger partial charge in [-0.2, -0.15) is 0 Å². The zero-order valence-electron chi connectivity index (χ0n) is 16.4. The molecule has 0 aromatic heterocycles. The highest BCUT2D eigenvalue weighted by molar-refractivity contribution is 5.22. The van der Waals surface area contributed by atoms with Gasteiger partial charge in [0, 0.05) is 11.9 Å². The molecule has 1 atom stereocenters. The average Bonchev–Trinajstić information content (AvgIpc) is 2.88. The molecular weight excluding hydrogens is 290 g/mol. The van der Waals surface area contributed by atoms with E-state index in [0.717, 1.165) is 0 Å². The van der Waals surface area contributed by atoms with Crippen molar-refractivity contribution >= 4 is 0 Å². The second-order valence-corrected chi connectivity index (χ2v) is 7.32. The van der Waals surface area contributed by atoms with Crippen molar-refractivity contribution in [2.75, 3.05) is 0 Å². The Kier molecular flexibility index (Phi) is 13.6. The van der Waals surface area contributed by atoms with E-state index in [0.29, 0.717) is 5.92 Å². The summed E-state index contributed by atoms with van der Waals surface area (Å²) in [4.78, 5) is 0. The SMILES string of the molecule is CCCCCCCCCCCCC(CCCC)C1=CC=CC=CN1. The number of hydrogen-bond donors (Lipinski definition) is 1. The van der Waals surface area contributed by atoms with E-state index in [1.165, 1.54) is 95.6 Å². The van der Waals surface area contributed by atoms with Crippen molar-refractivity contribution in [3.8, 4) is 0 Å². The Morgan fingerprint density at radius 1 is 0.667 bits per heavy atom. The lowest BCUT2D eigenvalue weighted by Gasteiger charge is -2.20. The predicted octanol–water partition coefficient (Wildman–Crippen LogP) is 7.66. The van der Waals surface area contributed by atoms with Crippen LogP contribution in [0.3, 0.4) is 0 Å². The molecule has 1 rings (SSSR count). The molecular formula is C23H41N. The Balaban J connectivity index is 2.13. The average molecular weight is 332 g/mol. The van der Waals surface area contributed by atoms with Crippen LogP contribution in [0.1, 0.15) is 104 Å². The first-order chi connectivity index (χ1) is 11.9. The number of nitrogens with one attached hydrogen (secondary N) is 1. The summed E-state index contributed by atoms with van der Waals surface area (Å²) in [6.07, 6.45) is 30.3. The van der Waals surface area contributed by atoms with Gasteiger partial charge in [-0.3, -0.25) is 0 Å². The highest BCUT2D eigenvalue weighted by Crippen LogP contribution is 2.24. The lowest BCUT2D eigenvalue weighted by molar-refractivity contribution is 0.447. The quantitative estimate of drug-likeness (QED) is 0.304. The van der Waals surface area contributed by atoms with Crippen LogP contribution in [-0.4, -0.2) is 0 Å². The smallest absolute Gasteiger partial charge is 0.0178 e. The largest absolute Gasteiger partial charge is 0.365 e. The van der Waals surface area contributed by atoms with Crippen molar-refractivity contribution in [2.24, 2.45) is 5.92 Å². The van der Waals surface area contributed by atoms with Crippen LogP contribution in [0.4, 0.5) is 0 Å². The van der Waals surface area contributed by atoms with Crippen molar-refractivity contribution in [2.45, 2.75) is 104 Å². The minimum Gasteiger partial charge on any atom is -0.365 e. The van der Waals surface area contributed by atoms with Crippen LogP contribution in [0.25, 0.3) is 0 Å². The van der Waals surface area contributed by atoms with Gasteiger partial charge < -0.3 is 5.32 Å². The van der Waals surface area contributed by atoms with E-state index in [1.54, 1.807) is 0 Å².